The summed E-state index contributed by atoms with van der Waals surface area (Å²) in [7, 11) is 0. The lowest BCUT2D eigenvalue weighted by Crippen LogP contribution is -2.34. The SMILES string of the molecule is O=C(Cc1cc(C(=O)NCc2ccccc2)cc[n+]1[O-])c1ccccc1. The highest BCUT2D eigenvalue weighted by molar-refractivity contribution is 5.98. The van der Waals surface area contributed by atoms with E-state index in [9.17, 15) is 14.8 Å². The quantitative estimate of drug-likeness (QED) is 0.424. The van der Waals surface area contributed by atoms with Gasteiger partial charge in [-0.25, -0.2) is 0 Å². The lowest BCUT2D eigenvalue weighted by molar-refractivity contribution is -0.613. The summed E-state index contributed by atoms with van der Waals surface area (Å²) in [6.07, 6.45) is 1.19. The van der Waals surface area contributed by atoms with Gasteiger partial charge in [-0.05, 0) is 5.56 Å². The van der Waals surface area contributed by atoms with Crippen LogP contribution in [0.25, 0.3) is 0 Å². The predicted molar refractivity (Wildman–Crippen MR) is 97.5 cm³/mol. The van der Waals surface area contributed by atoms with Crippen LogP contribution in [0.4, 0.5) is 0 Å². The molecule has 1 N–H and O–H groups in total. The van der Waals surface area contributed by atoms with Crippen molar-refractivity contribution >= 4 is 11.7 Å². The zero-order chi connectivity index (χ0) is 18.4. The summed E-state index contributed by atoms with van der Waals surface area (Å²) in [5.41, 5.74) is 2.11. The highest BCUT2D eigenvalue weighted by Crippen LogP contribution is 2.07. The van der Waals surface area contributed by atoms with Crippen LogP contribution < -0.4 is 10.0 Å². The van der Waals surface area contributed by atoms with Crippen molar-refractivity contribution < 1.29 is 14.3 Å². The van der Waals surface area contributed by atoms with Crippen molar-refractivity contribution in [2.75, 3.05) is 0 Å². The van der Waals surface area contributed by atoms with Crippen LogP contribution >= 0.6 is 0 Å². The van der Waals surface area contributed by atoms with Crippen molar-refractivity contribution in [1.82, 2.24) is 5.32 Å². The molecule has 0 bridgehead atoms. The van der Waals surface area contributed by atoms with E-state index < -0.39 is 0 Å². The number of hydrogen-bond donors (Lipinski definition) is 1. The van der Waals surface area contributed by atoms with Crippen molar-refractivity contribution in [1.29, 1.82) is 0 Å². The van der Waals surface area contributed by atoms with Gasteiger partial charge in [-0.2, -0.15) is 4.73 Å². The molecule has 0 fully saturated rings. The molecule has 130 valence electrons. The fourth-order valence-corrected chi connectivity index (χ4v) is 2.58. The second kappa shape index (κ2) is 8.07. The van der Waals surface area contributed by atoms with E-state index in [4.69, 9.17) is 0 Å². The predicted octanol–water partition coefficient (Wildman–Crippen LogP) is 2.68. The second-order valence-corrected chi connectivity index (χ2v) is 5.87. The summed E-state index contributed by atoms with van der Waals surface area (Å²) in [5.74, 6) is -0.458. The van der Waals surface area contributed by atoms with Gasteiger partial charge in [0.2, 0.25) is 5.69 Å². The minimum absolute atomic E-state index is 0.0622. The first-order valence-corrected chi connectivity index (χ1v) is 8.26. The molecule has 2 aromatic carbocycles. The molecule has 1 amide bonds. The molecule has 5 heteroatoms. The maximum absolute atomic E-state index is 12.3. The van der Waals surface area contributed by atoms with E-state index in [-0.39, 0.29) is 23.8 Å². The van der Waals surface area contributed by atoms with Crippen LogP contribution in [0.3, 0.4) is 0 Å². The lowest BCUT2D eigenvalue weighted by atomic mass is 10.1. The van der Waals surface area contributed by atoms with Crippen molar-refractivity contribution in [3.05, 3.63) is 107 Å². The second-order valence-electron chi connectivity index (χ2n) is 5.87. The summed E-state index contributed by atoms with van der Waals surface area (Å²) in [4.78, 5) is 24.6. The number of nitrogens with one attached hydrogen (secondary N) is 1. The van der Waals surface area contributed by atoms with Gasteiger partial charge in [0, 0.05) is 24.2 Å². The van der Waals surface area contributed by atoms with Crippen molar-refractivity contribution in [2.24, 2.45) is 0 Å². The third-order valence-corrected chi connectivity index (χ3v) is 3.99. The number of pyridine rings is 1. The molecule has 0 saturated heterocycles. The summed E-state index contributed by atoms with van der Waals surface area (Å²) >= 11 is 0. The molecule has 0 unspecified atom stereocenters. The van der Waals surface area contributed by atoms with Gasteiger partial charge in [0.15, 0.2) is 12.0 Å². The Morgan fingerprint density at radius 3 is 2.23 bits per heavy atom. The number of amides is 1. The maximum Gasteiger partial charge on any atom is 0.252 e. The Bertz CT molecular complexity index is 909. The molecule has 26 heavy (non-hydrogen) atoms. The van der Waals surface area contributed by atoms with E-state index in [1.807, 2.05) is 36.4 Å². The lowest BCUT2D eigenvalue weighted by Gasteiger charge is -2.08. The number of benzene rings is 2. The Morgan fingerprint density at radius 1 is 0.885 bits per heavy atom. The minimum atomic E-state index is -0.289. The van der Waals surface area contributed by atoms with Crippen molar-refractivity contribution in [3.63, 3.8) is 0 Å². The molecule has 1 aromatic heterocycles. The van der Waals surface area contributed by atoms with Gasteiger partial charge >= 0.3 is 0 Å². The smallest absolute Gasteiger partial charge is 0.252 e. The van der Waals surface area contributed by atoms with Crippen LogP contribution in [0, 0.1) is 5.21 Å². The summed E-state index contributed by atoms with van der Waals surface area (Å²) < 4.78 is 0.620. The van der Waals surface area contributed by atoms with Gasteiger partial charge in [0.05, 0.1) is 12.0 Å². The highest BCUT2D eigenvalue weighted by atomic mass is 16.5. The van der Waals surface area contributed by atoms with Gasteiger partial charge in [-0.1, -0.05) is 60.7 Å². The topological polar surface area (TPSA) is 73.1 Å². The molecule has 0 aliphatic carbocycles. The van der Waals surface area contributed by atoms with Gasteiger partial charge in [0.25, 0.3) is 5.91 Å². The Kier molecular flexibility index (Phi) is 5.39. The first kappa shape index (κ1) is 17.4. The van der Waals surface area contributed by atoms with E-state index in [0.717, 1.165) is 5.56 Å². The number of rotatable bonds is 6. The number of carbonyl (C=O) groups excluding carboxylic acids is 2. The standard InChI is InChI=1S/C21H18N2O3/c24-20(17-9-5-2-6-10-17)14-19-13-18(11-12-23(19)26)21(25)22-15-16-7-3-1-4-8-16/h1-13H,14-15H2,(H,22,25). The molecular formula is C21H18N2O3. The Labute approximate surface area is 151 Å². The van der Waals surface area contributed by atoms with Crippen LogP contribution in [0.2, 0.25) is 0 Å². The maximum atomic E-state index is 12.3. The number of ketones is 1. The number of carbonyl (C=O) groups is 2. The average Bonchev–Trinajstić information content (AvgIpc) is 2.69. The molecule has 0 spiro atoms. The van der Waals surface area contributed by atoms with Crippen LogP contribution in [-0.4, -0.2) is 11.7 Å². The Hall–Kier alpha value is -3.47. The minimum Gasteiger partial charge on any atom is -0.618 e. The number of hydrogen-bond acceptors (Lipinski definition) is 3. The average molecular weight is 346 g/mol. The van der Waals surface area contributed by atoms with Crippen molar-refractivity contribution in [3.8, 4) is 0 Å². The van der Waals surface area contributed by atoms with Crippen LogP contribution in [-0.2, 0) is 13.0 Å². The molecule has 0 atom stereocenters. The largest absolute Gasteiger partial charge is 0.618 e. The molecule has 0 aliphatic rings. The van der Waals surface area contributed by atoms with Gasteiger partial charge < -0.3 is 10.5 Å². The molecule has 0 radical (unpaired) electrons. The third-order valence-electron chi connectivity index (χ3n) is 3.99. The van der Waals surface area contributed by atoms with Crippen LogP contribution in [0.15, 0.2) is 79.0 Å². The number of aromatic nitrogens is 1. The zero-order valence-electron chi connectivity index (χ0n) is 14.1. The van der Waals surface area contributed by atoms with E-state index in [2.05, 4.69) is 5.32 Å². The summed E-state index contributed by atoms with van der Waals surface area (Å²) in [6.45, 7) is 0.393. The van der Waals surface area contributed by atoms with Crippen LogP contribution in [0.1, 0.15) is 32.0 Å². The number of Topliss-reactive ketones (excluding diaryl/α,β-unsaturated/α-hetero) is 1. The van der Waals surface area contributed by atoms with Gasteiger partial charge in [0.1, 0.15) is 0 Å². The Balaban J connectivity index is 1.70. The van der Waals surface area contributed by atoms with Crippen molar-refractivity contribution in [2.45, 2.75) is 13.0 Å². The van der Waals surface area contributed by atoms with Gasteiger partial charge in [-0.3, -0.25) is 9.59 Å². The summed E-state index contributed by atoms with van der Waals surface area (Å²) in [6, 6.07) is 21.2. The first-order valence-electron chi connectivity index (χ1n) is 8.26. The molecule has 0 saturated carbocycles. The fourth-order valence-electron chi connectivity index (χ4n) is 2.58. The highest BCUT2D eigenvalue weighted by Gasteiger charge is 2.16. The first-order chi connectivity index (χ1) is 12.6. The Morgan fingerprint density at radius 2 is 1.54 bits per heavy atom. The van der Waals surface area contributed by atoms with Crippen LogP contribution in [0.5, 0.6) is 0 Å². The molecule has 3 rings (SSSR count). The summed E-state index contributed by atoms with van der Waals surface area (Å²) in [5, 5.41) is 14.8. The molecule has 0 aliphatic heterocycles. The van der Waals surface area contributed by atoms with E-state index >= 15 is 0 Å². The van der Waals surface area contributed by atoms with Gasteiger partial charge in [-0.15, -0.1) is 0 Å². The number of nitrogens with zero attached hydrogens (tertiary/aromatic N) is 1. The molecular weight excluding hydrogens is 328 g/mol. The van der Waals surface area contributed by atoms with E-state index in [1.165, 1.54) is 18.3 Å². The molecule has 3 aromatic rings. The molecule has 1 heterocycles. The van der Waals surface area contributed by atoms with E-state index in [0.29, 0.717) is 22.4 Å². The normalized spacial score (nSPS) is 10.3. The zero-order valence-corrected chi connectivity index (χ0v) is 14.1. The fraction of sp³-hybridized carbons (Fsp3) is 0.0952. The van der Waals surface area contributed by atoms with E-state index in [1.54, 1.807) is 24.3 Å². The molecule has 5 nitrogen and oxygen atoms in total. The monoisotopic (exact) mass is 346 g/mol. The third kappa shape index (κ3) is 4.33.